The lowest BCUT2D eigenvalue weighted by Gasteiger charge is -2.36. The van der Waals surface area contributed by atoms with Crippen LogP contribution in [0, 0.1) is 12.8 Å². The molecule has 2 N–H and O–H groups in total. The highest BCUT2D eigenvalue weighted by molar-refractivity contribution is 5.85. The lowest BCUT2D eigenvalue weighted by molar-refractivity contribution is 0.125. The summed E-state index contributed by atoms with van der Waals surface area (Å²) in [5.41, 5.74) is 3.93. The molecule has 3 saturated heterocycles. The smallest absolute Gasteiger partial charge is 0.119 e. The number of ether oxygens (including phenoxy) is 1. The van der Waals surface area contributed by atoms with Crippen LogP contribution < -0.4 is 10.1 Å². The summed E-state index contributed by atoms with van der Waals surface area (Å²) in [6.45, 7) is 6.82. The molecule has 2 atom stereocenters. The van der Waals surface area contributed by atoms with E-state index >= 15 is 0 Å². The fraction of sp³-hybridized carbons (Fsp3) is 0.556. The average molecular weight is 299 g/mol. The first-order valence-electron chi connectivity index (χ1n) is 8.34. The minimum absolute atomic E-state index is 0.694. The van der Waals surface area contributed by atoms with Gasteiger partial charge in [-0.15, -0.1) is 0 Å². The van der Waals surface area contributed by atoms with E-state index in [1.54, 1.807) is 7.11 Å². The largest absolute Gasteiger partial charge is 0.497 e. The molecule has 0 aliphatic carbocycles. The van der Waals surface area contributed by atoms with Gasteiger partial charge in [-0.25, -0.2) is 0 Å². The van der Waals surface area contributed by atoms with Gasteiger partial charge in [0, 0.05) is 42.3 Å². The SMILES string of the molecule is COc1ccc2[nH]c(CN3C[C@H]4CC[C@@H]3CNC4)c(C)c2c1. The second-order valence-corrected chi connectivity index (χ2v) is 6.82. The summed E-state index contributed by atoms with van der Waals surface area (Å²) in [5.74, 6) is 1.75. The van der Waals surface area contributed by atoms with Crippen LogP contribution in [-0.2, 0) is 6.54 Å². The Bertz CT molecular complexity index is 674. The van der Waals surface area contributed by atoms with E-state index in [0.29, 0.717) is 6.04 Å². The van der Waals surface area contributed by atoms with Crippen LogP contribution >= 0.6 is 0 Å². The number of hydrogen-bond donors (Lipinski definition) is 2. The number of benzene rings is 1. The summed E-state index contributed by atoms with van der Waals surface area (Å²) in [6, 6.07) is 6.99. The Labute approximate surface area is 131 Å². The third-order valence-electron chi connectivity index (χ3n) is 5.46. The Hall–Kier alpha value is -1.52. The van der Waals surface area contributed by atoms with Gasteiger partial charge in [0.1, 0.15) is 5.75 Å². The molecule has 0 radical (unpaired) electrons. The second-order valence-electron chi connectivity index (χ2n) is 6.82. The standard InChI is InChI=1S/C18H25N3O/c1-12-16-7-15(22-2)5-6-17(16)20-18(12)11-21-10-13-3-4-14(21)9-19-8-13/h5-7,13-14,19-20H,3-4,8-11H2,1-2H3/t13-,14+/m0/s1. The number of H-pyrrole nitrogens is 1. The van der Waals surface area contributed by atoms with Gasteiger partial charge in [-0.2, -0.15) is 0 Å². The zero-order chi connectivity index (χ0) is 15.1. The number of piperidine rings is 1. The Morgan fingerprint density at radius 2 is 2.18 bits per heavy atom. The van der Waals surface area contributed by atoms with Gasteiger partial charge in [0.15, 0.2) is 0 Å². The topological polar surface area (TPSA) is 40.3 Å². The number of methoxy groups -OCH3 is 1. The molecule has 4 nitrogen and oxygen atoms in total. The van der Waals surface area contributed by atoms with Gasteiger partial charge >= 0.3 is 0 Å². The van der Waals surface area contributed by atoms with Gasteiger partial charge in [-0.05, 0) is 56.0 Å². The van der Waals surface area contributed by atoms with E-state index in [9.17, 15) is 0 Å². The lowest BCUT2D eigenvalue weighted by atomic mass is 9.94. The maximum atomic E-state index is 5.36. The van der Waals surface area contributed by atoms with Gasteiger partial charge in [0.25, 0.3) is 0 Å². The molecule has 22 heavy (non-hydrogen) atoms. The molecule has 3 aliphatic heterocycles. The first-order valence-corrected chi connectivity index (χ1v) is 8.34. The Morgan fingerprint density at radius 1 is 1.27 bits per heavy atom. The van der Waals surface area contributed by atoms with Gasteiger partial charge in [-0.1, -0.05) is 0 Å². The molecule has 2 bridgehead atoms. The van der Waals surface area contributed by atoms with Gasteiger partial charge in [0.2, 0.25) is 0 Å². The molecule has 1 aromatic heterocycles. The highest BCUT2D eigenvalue weighted by Gasteiger charge is 2.31. The number of fused-ring (bicyclic) bond motifs is 5. The monoisotopic (exact) mass is 299 g/mol. The molecule has 3 aliphatic rings. The summed E-state index contributed by atoms with van der Waals surface area (Å²) < 4.78 is 5.36. The van der Waals surface area contributed by atoms with Gasteiger partial charge < -0.3 is 15.0 Å². The van der Waals surface area contributed by atoms with Crippen LogP contribution in [0.25, 0.3) is 10.9 Å². The first-order chi connectivity index (χ1) is 10.7. The molecular weight excluding hydrogens is 274 g/mol. The zero-order valence-electron chi connectivity index (χ0n) is 13.5. The summed E-state index contributed by atoms with van der Waals surface area (Å²) in [4.78, 5) is 6.29. The second kappa shape index (κ2) is 5.60. The van der Waals surface area contributed by atoms with E-state index in [-0.39, 0.29) is 0 Å². The highest BCUT2D eigenvalue weighted by Crippen LogP contribution is 2.30. The van der Waals surface area contributed by atoms with Crippen molar-refractivity contribution in [2.24, 2.45) is 5.92 Å². The van der Waals surface area contributed by atoms with Crippen LogP contribution in [0.1, 0.15) is 24.1 Å². The number of aromatic nitrogens is 1. The predicted molar refractivity (Wildman–Crippen MR) is 89.4 cm³/mol. The van der Waals surface area contributed by atoms with Crippen LogP contribution in [0.2, 0.25) is 0 Å². The van der Waals surface area contributed by atoms with E-state index in [4.69, 9.17) is 4.74 Å². The van der Waals surface area contributed by atoms with Crippen molar-refractivity contribution < 1.29 is 4.74 Å². The maximum absolute atomic E-state index is 5.36. The van der Waals surface area contributed by atoms with Crippen molar-refractivity contribution in [3.63, 3.8) is 0 Å². The number of nitrogens with one attached hydrogen (secondary N) is 2. The molecule has 3 fully saturated rings. The molecule has 0 unspecified atom stereocenters. The van der Waals surface area contributed by atoms with Crippen LogP contribution in [0.4, 0.5) is 0 Å². The number of aryl methyl sites for hydroxylation is 1. The van der Waals surface area contributed by atoms with Crippen molar-refractivity contribution in [3.8, 4) is 5.75 Å². The van der Waals surface area contributed by atoms with Crippen molar-refractivity contribution >= 4 is 10.9 Å². The van der Waals surface area contributed by atoms with E-state index in [0.717, 1.165) is 24.8 Å². The molecule has 2 aromatic rings. The van der Waals surface area contributed by atoms with Gasteiger partial charge in [0.05, 0.1) is 7.11 Å². The van der Waals surface area contributed by atoms with Crippen LogP contribution in [0.15, 0.2) is 18.2 Å². The third-order valence-corrected chi connectivity index (χ3v) is 5.46. The fourth-order valence-electron chi connectivity index (χ4n) is 4.08. The van der Waals surface area contributed by atoms with Crippen molar-refractivity contribution in [2.45, 2.75) is 32.4 Å². The summed E-state index contributed by atoms with van der Waals surface area (Å²) in [7, 11) is 1.73. The average Bonchev–Trinajstić information content (AvgIpc) is 2.74. The normalized spacial score (nSPS) is 25.5. The molecule has 1 aromatic carbocycles. The molecule has 4 heterocycles. The number of rotatable bonds is 3. The highest BCUT2D eigenvalue weighted by atomic mass is 16.5. The van der Waals surface area contributed by atoms with E-state index in [1.165, 1.54) is 48.1 Å². The maximum Gasteiger partial charge on any atom is 0.119 e. The fourth-order valence-corrected chi connectivity index (χ4v) is 4.08. The molecule has 118 valence electrons. The van der Waals surface area contributed by atoms with Crippen molar-refractivity contribution in [2.75, 3.05) is 26.7 Å². The minimum atomic E-state index is 0.694. The Kier molecular flexibility index (Phi) is 3.59. The Morgan fingerprint density at radius 3 is 3.05 bits per heavy atom. The zero-order valence-corrected chi connectivity index (χ0v) is 13.5. The first kappa shape index (κ1) is 14.1. The third kappa shape index (κ3) is 2.40. The van der Waals surface area contributed by atoms with E-state index in [2.05, 4.69) is 34.3 Å². The summed E-state index contributed by atoms with van der Waals surface area (Å²) >= 11 is 0. The van der Waals surface area contributed by atoms with Crippen LogP contribution in [0.5, 0.6) is 5.75 Å². The van der Waals surface area contributed by atoms with Crippen molar-refractivity contribution in [1.29, 1.82) is 0 Å². The van der Waals surface area contributed by atoms with Gasteiger partial charge in [-0.3, -0.25) is 4.90 Å². The van der Waals surface area contributed by atoms with E-state index in [1.807, 2.05) is 6.07 Å². The molecule has 5 rings (SSSR count). The minimum Gasteiger partial charge on any atom is -0.497 e. The predicted octanol–water partition coefficient (Wildman–Crippen LogP) is 2.67. The van der Waals surface area contributed by atoms with Crippen LogP contribution in [0.3, 0.4) is 0 Å². The number of aromatic amines is 1. The quantitative estimate of drug-likeness (QED) is 0.915. The van der Waals surface area contributed by atoms with E-state index < -0.39 is 0 Å². The number of nitrogens with zero attached hydrogens (tertiary/aromatic N) is 1. The van der Waals surface area contributed by atoms with Crippen molar-refractivity contribution in [1.82, 2.24) is 15.2 Å². The molecule has 0 amide bonds. The summed E-state index contributed by atoms with van der Waals surface area (Å²) in [6.07, 6.45) is 2.72. The summed E-state index contributed by atoms with van der Waals surface area (Å²) in [5, 5.41) is 4.90. The number of hydrogen-bond acceptors (Lipinski definition) is 3. The lowest BCUT2D eigenvalue weighted by Crippen LogP contribution is -2.43. The van der Waals surface area contributed by atoms with Crippen LogP contribution in [-0.4, -0.2) is 42.7 Å². The molecule has 4 heteroatoms. The Balaban J connectivity index is 1.62. The molecule has 0 saturated carbocycles. The molecule has 0 spiro atoms. The molecular formula is C18H25N3O. The van der Waals surface area contributed by atoms with Crippen molar-refractivity contribution in [3.05, 3.63) is 29.5 Å².